The SMILES string of the molecule is C/C(=N/NC(=O)[C@H](C)Sc1ccc(C)cc1)c1ccccc1. The van der Waals surface area contributed by atoms with Gasteiger partial charge in [0.1, 0.15) is 0 Å². The number of carbonyl (C=O) groups is 1. The number of benzene rings is 2. The first-order valence-electron chi connectivity index (χ1n) is 7.19. The molecule has 2 rings (SSSR count). The summed E-state index contributed by atoms with van der Waals surface area (Å²) in [4.78, 5) is 13.2. The summed E-state index contributed by atoms with van der Waals surface area (Å²) in [5, 5.41) is 3.98. The van der Waals surface area contributed by atoms with Crippen molar-refractivity contribution in [2.45, 2.75) is 30.9 Å². The Hall–Kier alpha value is -2.07. The fourth-order valence-electron chi connectivity index (χ4n) is 1.85. The molecule has 0 aliphatic rings. The van der Waals surface area contributed by atoms with Gasteiger partial charge in [-0.15, -0.1) is 11.8 Å². The van der Waals surface area contributed by atoms with E-state index in [4.69, 9.17) is 0 Å². The highest BCUT2D eigenvalue weighted by molar-refractivity contribution is 8.00. The van der Waals surface area contributed by atoms with Gasteiger partial charge in [-0.25, -0.2) is 5.43 Å². The Morgan fingerprint density at radius 1 is 1.09 bits per heavy atom. The van der Waals surface area contributed by atoms with Crippen molar-refractivity contribution in [1.29, 1.82) is 0 Å². The van der Waals surface area contributed by atoms with Crippen LogP contribution in [0.5, 0.6) is 0 Å². The van der Waals surface area contributed by atoms with Gasteiger partial charge in [0.2, 0.25) is 0 Å². The summed E-state index contributed by atoms with van der Waals surface area (Å²) in [6.45, 7) is 5.81. The molecule has 1 amide bonds. The summed E-state index contributed by atoms with van der Waals surface area (Å²) >= 11 is 1.53. The van der Waals surface area contributed by atoms with Gasteiger partial charge >= 0.3 is 0 Å². The summed E-state index contributed by atoms with van der Waals surface area (Å²) in [5.74, 6) is -0.0964. The molecule has 0 saturated carbocycles. The van der Waals surface area contributed by atoms with E-state index in [1.165, 1.54) is 17.3 Å². The predicted octanol–water partition coefficient (Wildman–Crippen LogP) is 4.02. The third-order valence-electron chi connectivity index (χ3n) is 3.23. The van der Waals surface area contributed by atoms with Crippen molar-refractivity contribution < 1.29 is 4.79 Å². The summed E-state index contributed by atoms with van der Waals surface area (Å²) in [7, 11) is 0. The molecule has 4 heteroatoms. The van der Waals surface area contributed by atoms with Crippen LogP contribution in [0.3, 0.4) is 0 Å². The van der Waals surface area contributed by atoms with Crippen LogP contribution >= 0.6 is 11.8 Å². The molecule has 0 radical (unpaired) electrons. The first-order chi connectivity index (χ1) is 10.6. The van der Waals surface area contributed by atoms with Crippen LogP contribution in [0.4, 0.5) is 0 Å². The highest BCUT2D eigenvalue weighted by atomic mass is 32.2. The number of nitrogens with zero attached hydrogens (tertiary/aromatic N) is 1. The molecule has 0 spiro atoms. The molecule has 0 aromatic heterocycles. The average Bonchev–Trinajstić information content (AvgIpc) is 2.55. The van der Waals surface area contributed by atoms with Gasteiger partial charge in [0.15, 0.2) is 0 Å². The lowest BCUT2D eigenvalue weighted by molar-refractivity contribution is -0.120. The van der Waals surface area contributed by atoms with E-state index >= 15 is 0 Å². The molecule has 2 aromatic carbocycles. The lowest BCUT2D eigenvalue weighted by Crippen LogP contribution is -2.27. The molecule has 22 heavy (non-hydrogen) atoms. The van der Waals surface area contributed by atoms with Crippen LogP contribution in [-0.4, -0.2) is 16.9 Å². The summed E-state index contributed by atoms with van der Waals surface area (Å²) in [6.07, 6.45) is 0. The number of thioether (sulfide) groups is 1. The molecule has 1 N–H and O–H groups in total. The summed E-state index contributed by atoms with van der Waals surface area (Å²) in [6, 6.07) is 17.9. The third kappa shape index (κ3) is 4.74. The first kappa shape index (κ1) is 16.3. The van der Waals surface area contributed by atoms with Gasteiger partial charge < -0.3 is 0 Å². The van der Waals surface area contributed by atoms with E-state index in [1.807, 2.05) is 75.4 Å². The molecule has 0 unspecified atom stereocenters. The normalized spacial score (nSPS) is 12.8. The Bertz CT molecular complexity index is 651. The second-order valence-corrected chi connectivity index (χ2v) is 6.53. The number of carbonyl (C=O) groups excluding carboxylic acids is 1. The Morgan fingerprint density at radius 3 is 2.36 bits per heavy atom. The zero-order valence-electron chi connectivity index (χ0n) is 13.0. The number of hydrazone groups is 1. The van der Waals surface area contributed by atoms with Gasteiger partial charge in [-0.05, 0) is 38.5 Å². The van der Waals surface area contributed by atoms with Gasteiger partial charge in [0.05, 0.1) is 11.0 Å². The Labute approximate surface area is 135 Å². The van der Waals surface area contributed by atoms with Crippen LogP contribution in [0.25, 0.3) is 0 Å². The molecule has 0 aliphatic heterocycles. The van der Waals surface area contributed by atoms with Crippen LogP contribution in [-0.2, 0) is 4.79 Å². The maximum absolute atomic E-state index is 12.1. The van der Waals surface area contributed by atoms with E-state index in [-0.39, 0.29) is 11.2 Å². The Morgan fingerprint density at radius 2 is 1.73 bits per heavy atom. The van der Waals surface area contributed by atoms with Crippen molar-refractivity contribution in [2.24, 2.45) is 5.10 Å². The Kier molecular flexibility index (Phi) is 5.78. The Balaban J connectivity index is 1.92. The topological polar surface area (TPSA) is 41.5 Å². The average molecular weight is 312 g/mol. The summed E-state index contributed by atoms with van der Waals surface area (Å²) < 4.78 is 0. The molecule has 0 saturated heterocycles. The smallest absolute Gasteiger partial charge is 0.253 e. The number of aryl methyl sites for hydroxylation is 1. The maximum atomic E-state index is 12.1. The number of hydrogen-bond acceptors (Lipinski definition) is 3. The highest BCUT2D eigenvalue weighted by Crippen LogP contribution is 2.23. The standard InChI is InChI=1S/C18H20N2OS/c1-13-9-11-17(12-10-13)22-15(3)18(21)20-19-14(2)16-7-5-4-6-8-16/h4-12,15H,1-3H3,(H,20,21)/b19-14-/t15-/m0/s1. The van der Waals surface area contributed by atoms with Crippen LogP contribution in [0, 0.1) is 6.92 Å². The van der Waals surface area contributed by atoms with E-state index in [0.29, 0.717) is 0 Å². The first-order valence-corrected chi connectivity index (χ1v) is 8.07. The van der Waals surface area contributed by atoms with E-state index in [0.717, 1.165) is 16.2 Å². The van der Waals surface area contributed by atoms with Gasteiger partial charge in [0, 0.05) is 4.90 Å². The molecule has 0 aliphatic carbocycles. The maximum Gasteiger partial charge on any atom is 0.253 e. The van der Waals surface area contributed by atoms with Crippen molar-refractivity contribution in [1.82, 2.24) is 5.43 Å². The van der Waals surface area contributed by atoms with Crippen molar-refractivity contribution >= 4 is 23.4 Å². The highest BCUT2D eigenvalue weighted by Gasteiger charge is 2.13. The molecular formula is C18H20N2OS. The molecule has 114 valence electrons. The monoisotopic (exact) mass is 312 g/mol. The zero-order chi connectivity index (χ0) is 15.9. The van der Waals surface area contributed by atoms with E-state index in [9.17, 15) is 4.79 Å². The van der Waals surface area contributed by atoms with Crippen molar-refractivity contribution in [3.63, 3.8) is 0 Å². The molecule has 3 nitrogen and oxygen atoms in total. The van der Waals surface area contributed by atoms with E-state index in [1.54, 1.807) is 0 Å². The number of hydrogen-bond donors (Lipinski definition) is 1. The second kappa shape index (κ2) is 7.80. The van der Waals surface area contributed by atoms with Gasteiger partial charge in [-0.2, -0.15) is 5.10 Å². The van der Waals surface area contributed by atoms with Crippen molar-refractivity contribution in [2.75, 3.05) is 0 Å². The van der Waals surface area contributed by atoms with Crippen LogP contribution < -0.4 is 5.43 Å². The van der Waals surface area contributed by atoms with Crippen molar-refractivity contribution in [3.05, 3.63) is 65.7 Å². The molecule has 0 bridgehead atoms. The molecule has 0 heterocycles. The lowest BCUT2D eigenvalue weighted by Gasteiger charge is -2.10. The van der Waals surface area contributed by atoms with Crippen molar-refractivity contribution in [3.8, 4) is 0 Å². The fraction of sp³-hybridized carbons (Fsp3) is 0.222. The molecular weight excluding hydrogens is 292 g/mol. The third-order valence-corrected chi connectivity index (χ3v) is 4.34. The minimum atomic E-state index is -0.199. The molecule has 0 fully saturated rings. The zero-order valence-corrected chi connectivity index (χ0v) is 13.9. The van der Waals surface area contributed by atoms with E-state index < -0.39 is 0 Å². The number of nitrogens with one attached hydrogen (secondary N) is 1. The summed E-state index contributed by atoms with van der Waals surface area (Å²) in [5.41, 5.74) is 5.65. The fourth-order valence-corrected chi connectivity index (χ4v) is 2.71. The molecule has 1 atom stereocenters. The van der Waals surface area contributed by atoms with Crippen LogP contribution in [0.2, 0.25) is 0 Å². The lowest BCUT2D eigenvalue weighted by atomic mass is 10.1. The number of rotatable bonds is 5. The minimum Gasteiger partial charge on any atom is -0.272 e. The van der Waals surface area contributed by atoms with Gasteiger partial charge in [0.25, 0.3) is 5.91 Å². The quantitative estimate of drug-likeness (QED) is 0.515. The second-order valence-electron chi connectivity index (χ2n) is 5.11. The van der Waals surface area contributed by atoms with E-state index in [2.05, 4.69) is 10.5 Å². The van der Waals surface area contributed by atoms with Gasteiger partial charge in [-0.3, -0.25) is 4.79 Å². The van der Waals surface area contributed by atoms with Crippen LogP contribution in [0.1, 0.15) is 25.0 Å². The van der Waals surface area contributed by atoms with Gasteiger partial charge in [-0.1, -0.05) is 48.0 Å². The number of amides is 1. The largest absolute Gasteiger partial charge is 0.272 e. The molecule has 2 aromatic rings. The van der Waals surface area contributed by atoms with Crippen LogP contribution in [0.15, 0.2) is 64.6 Å². The minimum absolute atomic E-state index is 0.0964. The predicted molar refractivity (Wildman–Crippen MR) is 93.3 cm³/mol.